The summed E-state index contributed by atoms with van der Waals surface area (Å²) in [5.74, 6) is -0.153. The van der Waals surface area contributed by atoms with Crippen LogP contribution in [0.2, 0.25) is 0 Å². The first-order valence-electron chi connectivity index (χ1n) is 10.7. The Kier molecular flexibility index (Phi) is 6.72. The van der Waals surface area contributed by atoms with Crippen LogP contribution in [0.25, 0.3) is 0 Å². The summed E-state index contributed by atoms with van der Waals surface area (Å²) >= 11 is 0. The van der Waals surface area contributed by atoms with Crippen molar-refractivity contribution in [3.8, 4) is 0 Å². The molecule has 2 aliphatic carbocycles. The maximum atomic E-state index is 13.2. The number of carbonyl (C=O) groups excluding carboxylic acids is 1. The first kappa shape index (κ1) is 21.5. The van der Waals surface area contributed by atoms with E-state index in [1.165, 1.54) is 12.5 Å². The molecule has 2 aliphatic rings. The number of rotatable bonds is 8. The number of pyridine rings is 1. The molecule has 1 aromatic rings. The van der Waals surface area contributed by atoms with Crippen LogP contribution in [-0.2, 0) is 16.1 Å². The number of hydrogen-bond acceptors (Lipinski definition) is 5. The Hall–Kier alpha value is -2.22. The van der Waals surface area contributed by atoms with Crippen LogP contribution in [0.4, 0.5) is 5.69 Å². The molecule has 0 N–H and O–H groups in total. The normalized spacial score (nSPS) is 22.8. The Morgan fingerprint density at radius 2 is 2.03 bits per heavy atom. The largest absolute Gasteiger partial charge is 0.378 e. The Bertz CT molecular complexity index is 800. The van der Waals surface area contributed by atoms with Crippen molar-refractivity contribution in [2.45, 2.75) is 77.5 Å². The lowest BCUT2D eigenvalue weighted by atomic mass is 9.54. The quantitative estimate of drug-likeness (QED) is 0.489. The van der Waals surface area contributed by atoms with Gasteiger partial charge in [0.2, 0.25) is 5.91 Å². The summed E-state index contributed by atoms with van der Waals surface area (Å²) in [6, 6.07) is 2.43. The van der Waals surface area contributed by atoms with Gasteiger partial charge in [0.05, 0.1) is 17.2 Å². The van der Waals surface area contributed by atoms with Crippen molar-refractivity contribution in [1.82, 2.24) is 9.47 Å². The summed E-state index contributed by atoms with van der Waals surface area (Å²) in [7, 11) is 0. The lowest BCUT2D eigenvalue weighted by Crippen LogP contribution is -2.66. The molecular formula is C21H31N3O5. The van der Waals surface area contributed by atoms with Crippen LogP contribution in [-0.4, -0.2) is 45.6 Å². The number of ether oxygens (including phenoxy) is 1. The molecule has 0 saturated heterocycles. The van der Waals surface area contributed by atoms with Crippen LogP contribution in [0.15, 0.2) is 23.1 Å². The van der Waals surface area contributed by atoms with Crippen LogP contribution in [0, 0.1) is 15.5 Å². The van der Waals surface area contributed by atoms with Crippen LogP contribution >= 0.6 is 0 Å². The molecule has 1 heterocycles. The SMILES string of the molecule is CCCN(C(=O)Cn1cc([N+](=O)[O-])ccc1=O)[C@H]1C[C@@H](OCC)C12CCCCC2. The maximum absolute atomic E-state index is 13.2. The first-order valence-corrected chi connectivity index (χ1v) is 10.7. The number of hydrogen-bond donors (Lipinski definition) is 0. The van der Waals surface area contributed by atoms with Crippen LogP contribution < -0.4 is 5.56 Å². The number of nitrogens with zero attached hydrogens (tertiary/aromatic N) is 3. The van der Waals surface area contributed by atoms with Crippen molar-refractivity contribution in [1.29, 1.82) is 0 Å². The minimum Gasteiger partial charge on any atom is -0.378 e. The van der Waals surface area contributed by atoms with Gasteiger partial charge in [0.25, 0.3) is 11.2 Å². The van der Waals surface area contributed by atoms with E-state index in [4.69, 9.17) is 4.74 Å². The minimum atomic E-state index is -0.556. The van der Waals surface area contributed by atoms with Crippen molar-refractivity contribution in [2.75, 3.05) is 13.2 Å². The average Bonchev–Trinajstić information content (AvgIpc) is 2.71. The third-order valence-electron chi connectivity index (χ3n) is 6.54. The molecule has 2 saturated carbocycles. The van der Waals surface area contributed by atoms with E-state index in [-0.39, 0.29) is 35.7 Å². The second-order valence-electron chi connectivity index (χ2n) is 8.19. The van der Waals surface area contributed by atoms with Crippen molar-refractivity contribution in [3.63, 3.8) is 0 Å². The van der Waals surface area contributed by atoms with Crippen molar-refractivity contribution >= 4 is 11.6 Å². The van der Waals surface area contributed by atoms with Crippen LogP contribution in [0.5, 0.6) is 0 Å². The van der Waals surface area contributed by atoms with Gasteiger partial charge in [0.1, 0.15) is 6.54 Å². The van der Waals surface area contributed by atoms with Gasteiger partial charge in [-0.2, -0.15) is 0 Å². The fraction of sp³-hybridized carbons (Fsp3) is 0.714. The highest BCUT2D eigenvalue weighted by atomic mass is 16.6. The molecule has 8 nitrogen and oxygen atoms in total. The highest BCUT2D eigenvalue weighted by Gasteiger charge is 2.58. The third-order valence-corrected chi connectivity index (χ3v) is 6.54. The molecule has 0 bridgehead atoms. The maximum Gasteiger partial charge on any atom is 0.285 e. The van der Waals surface area contributed by atoms with Crippen molar-refractivity contribution in [3.05, 3.63) is 38.8 Å². The van der Waals surface area contributed by atoms with Gasteiger partial charge in [-0.15, -0.1) is 0 Å². The summed E-state index contributed by atoms with van der Waals surface area (Å²) in [5.41, 5.74) is -0.593. The second-order valence-corrected chi connectivity index (χ2v) is 8.19. The van der Waals surface area contributed by atoms with Gasteiger partial charge in [-0.05, 0) is 32.6 Å². The topological polar surface area (TPSA) is 94.7 Å². The van der Waals surface area contributed by atoms with Gasteiger partial charge in [-0.3, -0.25) is 24.3 Å². The van der Waals surface area contributed by atoms with E-state index in [0.29, 0.717) is 13.2 Å². The monoisotopic (exact) mass is 405 g/mol. The molecular weight excluding hydrogens is 374 g/mol. The summed E-state index contributed by atoms with van der Waals surface area (Å²) in [6.45, 7) is 5.16. The zero-order chi connectivity index (χ0) is 21.0. The summed E-state index contributed by atoms with van der Waals surface area (Å²) in [4.78, 5) is 37.7. The summed E-state index contributed by atoms with van der Waals surface area (Å²) < 4.78 is 7.17. The molecule has 1 aromatic heterocycles. The number of amides is 1. The highest BCUT2D eigenvalue weighted by Crippen LogP contribution is 2.55. The predicted octanol–water partition coefficient (Wildman–Crippen LogP) is 3.12. The van der Waals surface area contributed by atoms with E-state index < -0.39 is 10.5 Å². The molecule has 0 unspecified atom stereocenters. The summed E-state index contributed by atoms with van der Waals surface area (Å²) in [5, 5.41) is 11.0. The fourth-order valence-corrected chi connectivity index (χ4v) is 5.15. The molecule has 2 atom stereocenters. The molecule has 29 heavy (non-hydrogen) atoms. The van der Waals surface area contributed by atoms with Gasteiger partial charge in [-0.1, -0.05) is 26.2 Å². The van der Waals surface area contributed by atoms with Crippen LogP contribution in [0.1, 0.15) is 58.8 Å². The van der Waals surface area contributed by atoms with E-state index in [0.717, 1.165) is 55.4 Å². The molecule has 3 rings (SSSR count). The smallest absolute Gasteiger partial charge is 0.285 e. The molecule has 1 amide bonds. The molecule has 0 aromatic carbocycles. The zero-order valence-corrected chi connectivity index (χ0v) is 17.3. The van der Waals surface area contributed by atoms with Crippen molar-refractivity contribution in [2.24, 2.45) is 5.41 Å². The zero-order valence-electron chi connectivity index (χ0n) is 17.3. The first-order chi connectivity index (χ1) is 13.9. The number of aromatic nitrogens is 1. The Morgan fingerprint density at radius 1 is 1.31 bits per heavy atom. The number of nitro groups is 1. The van der Waals surface area contributed by atoms with Gasteiger partial charge in [-0.25, -0.2) is 0 Å². The molecule has 2 fully saturated rings. The Labute approximate surface area is 171 Å². The van der Waals surface area contributed by atoms with E-state index in [1.807, 2.05) is 18.7 Å². The lowest BCUT2D eigenvalue weighted by Gasteiger charge is -2.60. The average molecular weight is 405 g/mol. The van der Waals surface area contributed by atoms with E-state index in [2.05, 4.69) is 0 Å². The highest BCUT2D eigenvalue weighted by molar-refractivity contribution is 5.76. The second kappa shape index (κ2) is 9.07. The Balaban J connectivity index is 1.82. The minimum absolute atomic E-state index is 0.00668. The molecule has 0 radical (unpaired) electrons. The van der Waals surface area contributed by atoms with Gasteiger partial charge < -0.3 is 9.64 Å². The van der Waals surface area contributed by atoms with E-state index in [1.54, 1.807) is 0 Å². The molecule has 160 valence electrons. The van der Waals surface area contributed by atoms with Gasteiger partial charge >= 0.3 is 0 Å². The lowest BCUT2D eigenvalue weighted by molar-refractivity contribution is -0.385. The fourth-order valence-electron chi connectivity index (χ4n) is 5.15. The van der Waals surface area contributed by atoms with E-state index >= 15 is 0 Å². The van der Waals surface area contributed by atoms with Crippen molar-refractivity contribution < 1.29 is 14.5 Å². The predicted molar refractivity (Wildman–Crippen MR) is 109 cm³/mol. The van der Waals surface area contributed by atoms with Gasteiger partial charge in [0.15, 0.2) is 0 Å². The Morgan fingerprint density at radius 3 is 2.66 bits per heavy atom. The van der Waals surface area contributed by atoms with Crippen LogP contribution in [0.3, 0.4) is 0 Å². The standard InChI is InChI=1S/C21H31N3O5/c1-3-12-23(17-13-18(29-4-2)21(17)10-6-5-7-11-21)20(26)15-22-14-16(24(27)28)8-9-19(22)25/h8-9,14,17-18H,3-7,10-13,15H2,1-2H3/t17-,18+/m0/s1. The third kappa shape index (κ3) is 4.22. The summed E-state index contributed by atoms with van der Waals surface area (Å²) in [6.07, 6.45) is 8.63. The molecule has 8 heteroatoms. The van der Waals surface area contributed by atoms with E-state index in [9.17, 15) is 19.7 Å². The molecule has 0 aliphatic heterocycles. The molecule has 1 spiro atoms. The number of carbonyl (C=O) groups is 1. The van der Waals surface area contributed by atoms with Gasteiger partial charge in [0, 0.05) is 36.7 Å².